The topological polar surface area (TPSA) is 41.1 Å². The molecule has 18 heavy (non-hydrogen) atoms. The second-order valence-corrected chi connectivity index (χ2v) is 4.95. The van der Waals surface area contributed by atoms with Crippen LogP contribution in [0.25, 0.3) is 0 Å². The first kappa shape index (κ1) is 14.7. The summed E-state index contributed by atoms with van der Waals surface area (Å²) in [7, 11) is 0. The summed E-state index contributed by atoms with van der Waals surface area (Å²) >= 11 is 0. The molecule has 0 saturated heterocycles. The average molecular weight is 248 g/mol. The maximum Gasteiger partial charge on any atom is 0.216 e. The first-order chi connectivity index (χ1) is 8.41. The average Bonchev–Trinajstić information content (AvgIpc) is 2.28. The molecule has 1 unspecified atom stereocenters. The molecule has 0 aliphatic heterocycles. The van der Waals surface area contributed by atoms with E-state index in [1.807, 2.05) is 0 Å². The standard InChI is InChI=1S/C15H24N2O/c1-10-8-12(3)15(9-11(10)2)13(4)16-6-7-17-14(5)18/h8-9,13,16H,6-7H2,1-5H3,(H,17,18). The molecule has 0 aliphatic carbocycles. The van der Waals surface area contributed by atoms with E-state index >= 15 is 0 Å². The first-order valence-electron chi connectivity index (χ1n) is 6.47. The second-order valence-electron chi connectivity index (χ2n) is 4.95. The number of nitrogens with one attached hydrogen (secondary N) is 2. The Kier molecular flexibility index (Phi) is 5.35. The van der Waals surface area contributed by atoms with Crippen LogP contribution in [-0.2, 0) is 4.79 Å². The molecule has 3 nitrogen and oxygen atoms in total. The van der Waals surface area contributed by atoms with Gasteiger partial charge in [0.15, 0.2) is 0 Å². The monoisotopic (exact) mass is 248 g/mol. The van der Waals surface area contributed by atoms with Gasteiger partial charge in [-0.15, -0.1) is 0 Å². The van der Waals surface area contributed by atoms with Crippen LogP contribution >= 0.6 is 0 Å². The van der Waals surface area contributed by atoms with Crippen LogP contribution in [0.2, 0.25) is 0 Å². The third-order valence-electron chi connectivity index (χ3n) is 3.30. The fourth-order valence-corrected chi connectivity index (χ4v) is 2.09. The van der Waals surface area contributed by atoms with Gasteiger partial charge in [0, 0.05) is 26.1 Å². The van der Waals surface area contributed by atoms with Gasteiger partial charge in [-0.05, 0) is 49.9 Å². The molecule has 0 saturated carbocycles. The molecule has 1 atom stereocenters. The zero-order chi connectivity index (χ0) is 13.7. The highest BCUT2D eigenvalue weighted by Crippen LogP contribution is 2.21. The molecule has 3 heteroatoms. The minimum absolute atomic E-state index is 0.0202. The van der Waals surface area contributed by atoms with Gasteiger partial charge in [0.1, 0.15) is 0 Å². The lowest BCUT2D eigenvalue weighted by atomic mass is 9.96. The number of benzene rings is 1. The van der Waals surface area contributed by atoms with Crippen LogP contribution in [-0.4, -0.2) is 19.0 Å². The van der Waals surface area contributed by atoms with E-state index in [-0.39, 0.29) is 5.91 Å². The normalized spacial score (nSPS) is 12.3. The molecule has 2 N–H and O–H groups in total. The fraction of sp³-hybridized carbons (Fsp3) is 0.533. The highest BCUT2D eigenvalue weighted by molar-refractivity contribution is 5.72. The number of hydrogen-bond donors (Lipinski definition) is 2. The van der Waals surface area contributed by atoms with Crippen molar-refractivity contribution in [3.05, 3.63) is 34.4 Å². The molecule has 0 spiro atoms. The molecule has 1 rings (SSSR count). The van der Waals surface area contributed by atoms with Gasteiger partial charge >= 0.3 is 0 Å². The van der Waals surface area contributed by atoms with Crippen molar-refractivity contribution in [2.24, 2.45) is 0 Å². The minimum atomic E-state index is 0.0202. The third kappa shape index (κ3) is 4.15. The highest BCUT2D eigenvalue weighted by atomic mass is 16.1. The summed E-state index contributed by atoms with van der Waals surface area (Å²) in [5.74, 6) is 0.0202. The number of hydrogen-bond acceptors (Lipinski definition) is 2. The van der Waals surface area contributed by atoms with E-state index in [0.29, 0.717) is 12.6 Å². The lowest BCUT2D eigenvalue weighted by Gasteiger charge is -2.18. The number of rotatable bonds is 5. The second kappa shape index (κ2) is 6.55. The Labute approximate surface area is 110 Å². The van der Waals surface area contributed by atoms with Gasteiger partial charge in [-0.3, -0.25) is 4.79 Å². The summed E-state index contributed by atoms with van der Waals surface area (Å²) in [5.41, 5.74) is 5.31. The van der Waals surface area contributed by atoms with E-state index in [1.165, 1.54) is 29.2 Å². The number of carbonyl (C=O) groups excluding carboxylic acids is 1. The molecule has 1 amide bonds. The Morgan fingerprint density at radius 3 is 2.33 bits per heavy atom. The van der Waals surface area contributed by atoms with Gasteiger partial charge in [-0.1, -0.05) is 12.1 Å². The largest absolute Gasteiger partial charge is 0.355 e. The lowest BCUT2D eigenvalue weighted by molar-refractivity contribution is -0.118. The summed E-state index contributed by atoms with van der Waals surface area (Å²) < 4.78 is 0. The maximum atomic E-state index is 10.8. The van der Waals surface area contributed by atoms with E-state index in [2.05, 4.69) is 50.5 Å². The summed E-state index contributed by atoms with van der Waals surface area (Å²) in [6, 6.07) is 4.79. The molecule has 0 aliphatic rings. The molecule has 1 aromatic rings. The van der Waals surface area contributed by atoms with Crippen molar-refractivity contribution in [3.8, 4) is 0 Å². The number of aryl methyl sites for hydroxylation is 3. The van der Waals surface area contributed by atoms with Crippen molar-refractivity contribution in [1.29, 1.82) is 0 Å². The van der Waals surface area contributed by atoms with Crippen LogP contribution in [0.5, 0.6) is 0 Å². The lowest BCUT2D eigenvalue weighted by Crippen LogP contribution is -2.31. The smallest absolute Gasteiger partial charge is 0.216 e. The van der Waals surface area contributed by atoms with Gasteiger partial charge < -0.3 is 10.6 Å². The zero-order valence-electron chi connectivity index (χ0n) is 12.1. The Morgan fingerprint density at radius 1 is 1.11 bits per heavy atom. The van der Waals surface area contributed by atoms with E-state index in [1.54, 1.807) is 0 Å². The van der Waals surface area contributed by atoms with Gasteiger partial charge in [-0.25, -0.2) is 0 Å². The SMILES string of the molecule is CC(=O)NCCNC(C)c1cc(C)c(C)cc1C. The Morgan fingerprint density at radius 2 is 1.72 bits per heavy atom. The Bertz CT molecular complexity index is 427. The van der Waals surface area contributed by atoms with E-state index < -0.39 is 0 Å². The van der Waals surface area contributed by atoms with Crippen molar-refractivity contribution in [3.63, 3.8) is 0 Å². The Balaban J connectivity index is 2.58. The van der Waals surface area contributed by atoms with Crippen LogP contribution < -0.4 is 10.6 Å². The molecular weight excluding hydrogens is 224 g/mol. The molecule has 0 fully saturated rings. The molecule has 0 bridgehead atoms. The molecule has 0 aromatic heterocycles. The van der Waals surface area contributed by atoms with Crippen molar-refractivity contribution in [1.82, 2.24) is 10.6 Å². The van der Waals surface area contributed by atoms with E-state index in [4.69, 9.17) is 0 Å². The van der Waals surface area contributed by atoms with Gasteiger partial charge in [0.25, 0.3) is 0 Å². The van der Waals surface area contributed by atoms with Crippen LogP contribution in [0.1, 0.15) is 42.1 Å². The van der Waals surface area contributed by atoms with Crippen LogP contribution in [0.15, 0.2) is 12.1 Å². The van der Waals surface area contributed by atoms with Crippen LogP contribution in [0, 0.1) is 20.8 Å². The highest BCUT2D eigenvalue weighted by Gasteiger charge is 2.09. The summed E-state index contributed by atoms with van der Waals surface area (Å²) in [4.78, 5) is 10.8. The maximum absolute atomic E-state index is 10.8. The molecule has 0 radical (unpaired) electrons. The fourth-order valence-electron chi connectivity index (χ4n) is 2.09. The van der Waals surface area contributed by atoms with Crippen LogP contribution in [0.4, 0.5) is 0 Å². The molecule has 100 valence electrons. The minimum Gasteiger partial charge on any atom is -0.355 e. The Hall–Kier alpha value is -1.35. The van der Waals surface area contributed by atoms with Crippen LogP contribution in [0.3, 0.4) is 0 Å². The molecular formula is C15H24N2O. The first-order valence-corrected chi connectivity index (χ1v) is 6.47. The molecule has 1 aromatic carbocycles. The summed E-state index contributed by atoms with van der Waals surface area (Å²) in [6.07, 6.45) is 0. The zero-order valence-corrected chi connectivity index (χ0v) is 12.1. The number of amides is 1. The van der Waals surface area contributed by atoms with Crippen molar-refractivity contribution < 1.29 is 4.79 Å². The van der Waals surface area contributed by atoms with Gasteiger partial charge in [-0.2, -0.15) is 0 Å². The summed E-state index contributed by atoms with van der Waals surface area (Å²) in [5, 5.41) is 6.21. The van der Waals surface area contributed by atoms with Gasteiger partial charge in [0.05, 0.1) is 0 Å². The summed E-state index contributed by atoms with van der Waals surface area (Å²) in [6.45, 7) is 11.6. The van der Waals surface area contributed by atoms with E-state index in [0.717, 1.165) is 6.54 Å². The van der Waals surface area contributed by atoms with Gasteiger partial charge in [0.2, 0.25) is 5.91 Å². The number of carbonyl (C=O) groups is 1. The van der Waals surface area contributed by atoms with Crippen molar-refractivity contribution >= 4 is 5.91 Å². The predicted molar refractivity (Wildman–Crippen MR) is 75.8 cm³/mol. The van der Waals surface area contributed by atoms with Crippen molar-refractivity contribution in [2.75, 3.05) is 13.1 Å². The van der Waals surface area contributed by atoms with E-state index in [9.17, 15) is 4.79 Å². The van der Waals surface area contributed by atoms with Crippen molar-refractivity contribution in [2.45, 2.75) is 40.7 Å². The predicted octanol–water partition coefficient (Wildman–Crippen LogP) is 2.40. The third-order valence-corrected chi connectivity index (χ3v) is 3.30. The quantitative estimate of drug-likeness (QED) is 0.786. The molecule has 0 heterocycles.